The first-order chi connectivity index (χ1) is 16.0. The van der Waals surface area contributed by atoms with Crippen molar-refractivity contribution in [1.29, 1.82) is 5.41 Å². The molecule has 1 aromatic heterocycles. The average molecular weight is 477 g/mol. The second-order valence-electron chi connectivity index (χ2n) is 7.28. The Bertz CT molecular complexity index is 1360. The number of ether oxygens (including phenoxy) is 1. The largest absolute Gasteiger partial charge is 0.486 e. The molecule has 33 heavy (non-hydrogen) atoms. The van der Waals surface area contributed by atoms with E-state index in [1.807, 2.05) is 43.3 Å². The molecule has 1 N–H and O–H groups in total. The molecule has 0 saturated carbocycles. The van der Waals surface area contributed by atoms with Gasteiger partial charge in [-0.25, -0.2) is 0 Å². The van der Waals surface area contributed by atoms with Crippen molar-refractivity contribution in [2.45, 2.75) is 6.92 Å². The van der Waals surface area contributed by atoms with E-state index in [1.165, 1.54) is 22.8 Å². The van der Waals surface area contributed by atoms with Gasteiger partial charge in [-0.1, -0.05) is 29.8 Å². The summed E-state index contributed by atoms with van der Waals surface area (Å²) in [7, 11) is 0. The van der Waals surface area contributed by atoms with Crippen LogP contribution in [0, 0.1) is 12.3 Å². The van der Waals surface area contributed by atoms with Crippen LogP contribution < -0.4 is 4.74 Å². The molecule has 2 aliphatic rings. The van der Waals surface area contributed by atoms with Crippen LogP contribution in [0.3, 0.4) is 0 Å². The van der Waals surface area contributed by atoms with E-state index >= 15 is 0 Å². The van der Waals surface area contributed by atoms with Crippen LogP contribution >= 0.6 is 23.4 Å². The molecular weight excluding hydrogens is 460 g/mol. The van der Waals surface area contributed by atoms with Crippen LogP contribution in [-0.2, 0) is 4.79 Å². The Labute approximate surface area is 198 Å². The van der Waals surface area contributed by atoms with Gasteiger partial charge in [0.05, 0.1) is 5.57 Å². The highest BCUT2D eigenvalue weighted by Gasteiger charge is 2.36. The number of nitrogens with one attached hydrogen (secondary N) is 1. The molecule has 3 heterocycles. The SMILES string of the molecule is Cc1ccccc1OCC1=NN2C(=N)C(=Cc3ccc(-c4ccc(Cl)cc4)o3)C(=O)N=C2S1. The maximum Gasteiger partial charge on any atom is 0.283 e. The maximum atomic E-state index is 12.6. The Hall–Kier alpha value is -3.62. The van der Waals surface area contributed by atoms with Crippen LogP contribution in [0.5, 0.6) is 5.75 Å². The number of hydrazone groups is 1. The first kappa shape index (κ1) is 21.2. The number of halogens is 1. The number of hydrogen-bond donors (Lipinski definition) is 1. The van der Waals surface area contributed by atoms with E-state index in [9.17, 15) is 4.79 Å². The third kappa shape index (κ3) is 4.35. The van der Waals surface area contributed by atoms with Gasteiger partial charge in [0, 0.05) is 10.6 Å². The van der Waals surface area contributed by atoms with Crippen molar-refractivity contribution in [2.75, 3.05) is 6.61 Å². The molecule has 0 unspecified atom stereocenters. The third-order valence-corrected chi connectivity index (χ3v) is 6.12. The number of aliphatic imine (C=N–C) groups is 1. The van der Waals surface area contributed by atoms with E-state index in [2.05, 4.69) is 10.1 Å². The van der Waals surface area contributed by atoms with Gasteiger partial charge in [-0.05, 0) is 72.8 Å². The van der Waals surface area contributed by atoms with Crippen molar-refractivity contribution in [2.24, 2.45) is 10.1 Å². The van der Waals surface area contributed by atoms with Crippen molar-refractivity contribution in [3.05, 3.63) is 82.6 Å². The highest BCUT2D eigenvalue weighted by atomic mass is 35.5. The fourth-order valence-corrected chi connectivity index (χ4v) is 4.21. The number of fused-ring (bicyclic) bond motifs is 1. The third-order valence-electron chi connectivity index (χ3n) is 4.98. The molecule has 0 saturated heterocycles. The van der Waals surface area contributed by atoms with E-state index in [1.54, 1.807) is 24.3 Å². The molecule has 2 aromatic carbocycles. The van der Waals surface area contributed by atoms with Crippen LogP contribution in [0.4, 0.5) is 0 Å². The molecule has 0 radical (unpaired) electrons. The summed E-state index contributed by atoms with van der Waals surface area (Å²) in [6.07, 6.45) is 1.51. The van der Waals surface area contributed by atoms with Crippen molar-refractivity contribution in [3.8, 4) is 17.1 Å². The fourth-order valence-electron chi connectivity index (χ4n) is 3.29. The number of carbonyl (C=O) groups excluding carboxylic acids is 1. The molecule has 1 amide bonds. The highest BCUT2D eigenvalue weighted by Crippen LogP contribution is 2.30. The number of carbonyl (C=O) groups is 1. The van der Waals surface area contributed by atoms with Gasteiger partial charge in [-0.3, -0.25) is 10.2 Å². The van der Waals surface area contributed by atoms with Gasteiger partial charge >= 0.3 is 0 Å². The molecule has 9 heteroatoms. The van der Waals surface area contributed by atoms with Gasteiger partial charge < -0.3 is 9.15 Å². The number of benzene rings is 2. The van der Waals surface area contributed by atoms with E-state index in [0.29, 0.717) is 26.8 Å². The van der Waals surface area contributed by atoms with Gasteiger partial charge in [0.2, 0.25) is 5.17 Å². The predicted octanol–water partition coefficient (Wildman–Crippen LogP) is 5.61. The summed E-state index contributed by atoms with van der Waals surface area (Å²) < 4.78 is 11.7. The van der Waals surface area contributed by atoms with Crippen molar-refractivity contribution >= 4 is 51.4 Å². The Kier molecular flexibility index (Phi) is 5.62. The Morgan fingerprint density at radius 2 is 1.94 bits per heavy atom. The summed E-state index contributed by atoms with van der Waals surface area (Å²) in [5.41, 5.74) is 1.97. The number of amidine groups is 2. The molecule has 0 atom stereocenters. The van der Waals surface area contributed by atoms with Gasteiger partial charge in [-0.15, -0.1) is 0 Å². The molecule has 3 aromatic rings. The number of rotatable bonds is 5. The van der Waals surface area contributed by atoms with Gasteiger partial charge in [0.25, 0.3) is 5.91 Å². The summed E-state index contributed by atoms with van der Waals surface area (Å²) in [4.78, 5) is 16.7. The van der Waals surface area contributed by atoms with Gasteiger partial charge in [0.15, 0.2) is 5.84 Å². The monoisotopic (exact) mass is 476 g/mol. The highest BCUT2D eigenvalue weighted by molar-refractivity contribution is 8.27. The number of nitrogens with zero attached hydrogens (tertiary/aromatic N) is 3. The first-order valence-electron chi connectivity index (χ1n) is 10.0. The van der Waals surface area contributed by atoms with Gasteiger partial charge in [-0.2, -0.15) is 15.1 Å². The minimum Gasteiger partial charge on any atom is -0.486 e. The van der Waals surface area contributed by atoms with E-state index < -0.39 is 5.91 Å². The van der Waals surface area contributed by atoms with Gasteiger partial charge in [0.1, 0.15) is 28.9 Å². The Morgan fingerprint density at radius 3 is 2.73 bits per heavy atom. The minimum atomic E-state index is -0.514. The lowest BCUT2D eigenvalue weighted by atomic mass is 10.1. The smallest absolute Gasteiger partial charge is 0.283 e. The van der Waals surface area contributed by atoms with Crippen molar-refractivity contribution in [3.63, 3.8) is 0 Å². The quantitative estimate of drug-likeness (QED) is 0.483. The number of hydrogen-bond acceptors (Lipinski definition) is 6. The number of para-hydroxylation sites is 1. The van der Waals surface area contributed by atoms with Crippen LogP contribution in [0.2, 0.25) is 5.02 Å². The molecule has 0 aliphatic carbocycles. The summed E-state index contributed by atoms with van der Waals surface area (Å²) in [5, 5.41) is 15.9. The van der Waals surface area contributed by atoms with Crippen molar-refractivity contribution < 1.29 is 13.9 Å². The maximum absolute atomic E-state index is 12.6. The normalized spacial score (nSPS) is 16.7. The molecular formula is C24H17ClN4O3S. The lowest BCUT2D eigenvalue weighted by Crippen LogP contribution is -2.35. The Balaban J connectivity index is 1.34. The zero-order valence-corrected chi connectivity index (χ0v) is 19.0. The lowest BCUT2D eigenvalue weighted by molar-refractivity contribution is -0.114. The standard InChI is InChI=1S/C24H17ClN4O3S/c1-14-4-2-3-5-19(14)31-13-21-28-29-22(26)18(23(30)27-24(29)33-21)12-17-10-11-20(32-17)15-6-8-16(25)9-7-15/h2-12,26H,13H2,1H3. The van der Waals surface area contributed by atoms with Crippen LogP contribution in [-0.4, -0.2) is 33.6 Å². The molecule has 164 valence electrons. The molecule has 7 nitrogen and oxygen atoms in total. The summed E-state index contributed by atoms with van der Waals surface area (Å²) in [6.45, 7) is 2.18. The Morgan fingerprint density at radius 1 is 1.15 bits per heavy atom. The van der Waals surface area contributed by atoms with Crippen LogP contribution in [0.1, 0.15) is 11.3 Å². The van der Waals surface area contributed by atoms with Crippen LogP contribution in [0.25, 0.3) is 17.4 Å². The van der Waals surface area contributed by atoms with E-state index in [-0.39, 0.29) is 18.0 Å². The molecule has 0 fully saturated rings. The average Bonchev–Trinajstić information content (AvgIpc) is 3.44. The number of thioether (sulfide) groups is 1. The summed E-state index contributed by atoms with van der Waals surface area (Å²) >= 11 is 7.16. The zero-order chi connectivity index (χ0) is 22.9. The zero-order valence-electron chi connectivity index (χ0n) is 17.4. The summed E-state index contributed by atoms with van der Waals surface area (Å²) in [6, 6.07) is 18.5. The fraction of sp³-hybridized carbons (Fsp3) is 0.0833. The molecule has 5 rings (SSSR count). The number of furan rings is 1. The number of aryl methyl sites for hydroxylation is 1. The van der Waals surface area contributed by atoms with Crippen molar-refractivity contribution in [1.82, 2.24) is 5.01 Å². The predicted molar refractivity (Wildman–Crippen MR) is 131 cm³/mol. The minimum absolute atomic E-state index is 0.0622. The lowest BCUT2D eigenvalue weighted by Gasteiger charge is -2.19. The summed E-state index contributed by atoms with van der Waals surface area (Å²) in [5.74, 6) is 1.24. The molecule has 2 aliphatic heterocycles. The van der Waals surface area contributed by atoms with E-state index in [4.69, 9.17) is 26.2 Å². The molecule has 0 bridgehead atoms. The van der Waals surface area contributed by atoms with E-state index in [0.717, 1.165) is 16.9 Å². The topological polar surface area (TPSA) is 91.2 Å². The van der Waals surface area contributed by atoms with Crippen LogP contribution in [0.15, 0.2) is 80.7 Å². The first-order valence-corrected chi connectivity index (χ1v) is 11.2. The second-order valence-corrected chi connectivity index (χ2v) is 8.75. The number of amides is 1. The second kappa shape index (κ2) is 8.73. The molecule has 0 spiro atoms.